The Morgan fingerprint density at radius 3 is 2.25 bits per heavy atom. The molecule has 13 heteroatoms. The summed E-state index contributed by atoms with van der Waals surface area (Å²) in [5, 5.41) is 3.92. The summed E-state index contributed by atoms with van der Waals surface area (Å²) >= 11 is 24.1. The van der Waals surface area contributed by atoms with E-state index in [0.717, 1.165) is 24.3 Å². The van der Waals surface area contributed by atoms with E-state index in [1.54, 1.807) is 0 Å². The molecule has 36 heavy (non-hydrogen) atoms. The molecule has 1 aliphatic carbocycles. The Labute approximate surface area is 221 Å². The van der Waals surface area contributed by atoms with Crippen LogP contribution in [0.4, 0.5) is 34.6 Å². The van der Waals surface area contributed by atoms with E-state index in [4.69, 9.17) is 52.1 Å². The molecule has 1 saturated carbocycles. The molecule has 0 spiro atoms. The van der Waals surface area contributed by atoms with E-state index >= 15 is 0 Å². The largest absolute Gasteiger partial charge is 0.394 e. The number of nitrogen functional groups attached to an aromatic ring is 1. The normalized spacial score (nSPS) is 18.0. The molecule has 0 heterocycles. The number of nitrogens with one attached hydrogen (secondary N) is 2. The molecule has 4 rings (SSSR count). The van der Waals surface area contributed by atoms with Gasteiger partial charge in [-0.2, -0.15) is 0 Å². The number of hydrogen-bond acceptors (Lipinski definition) is 3. The molecule has 2 amide bonds. The van der Waals surface area contributed by atoms with Crippen molar-refractivity contribution in [2.75, 3.05) is 16.4 Å². The van der Waals surface area contributed by atoms with Gasteiger partial charge in [0.2, 0.25) is 5.91 Å². The first-order valence-electron chi connectivity index (χ1n) is 10.0. The maximum Gasteiger partial charge on any atom is 0.257 e. The lowest BCUT2D eigenvalue weighted by molar-refractivity contribution is -0.117. The van der Waals surface area contributed by atoms with Crippen LogP contribution >= 0.6 is 46.4 Å². The third kappa shape index (κ3) is 4.68. The van der Waals surface area contributed by atoms with Gasteiger partial charge in [-0.25, -0.2) is 17.6 Å². The second-order valence-corrected chi connectivity index (χ2v) is 10.1. The molecule has 5 nitrogen and oxygen atoms in total. The zero-order valence-corrected chi connectivity index (χ0v) is 20.6. The van der Waals surface area contributed by atoms with E-state index in [1.165, 1.54) is 18.2 Å². The minimum Gasteiger partial charge on any atom is -0.394 e. The Balaban J connectivity index is 1.54. The lowest BCUT2D eigenvalue weighted by atomic mass is 10.1. The molecule has 0 bridgehead atoms. The summed E-state index contributed by atoms with van der Waals surface area (Å²) in [4.78, 5) is 25.5. The van der Waals surface area contributed by atoms with Crippen LogP contribution in [0.3, 0.4) is 0 Å². The van der Waals surface area contributed by atoms with Crippen LogP contribution in [0, 0.1) is 29.2 Å². The van der Waals surface area contributed by atoms with Crippen molar-refractivity contribution in [3.63, 3.8) is 0 Å². The molecule has 0 aliphatic heterocycles. The molecule has 2 atom stereocenters. The highest BCUT2D eigenvalue weighted by molar-refractivity contribution is 6.53. The van der Waals surface area contributed by atoms with Gasteiger partial charge >= 0.3 is 0 Å². The maximum absolute atomic E-state index is 14.5. The van der Waals surface area contributed by atoms with Gasteiger partial charge in [-0.3, -0.25) is 9.59 Å². The number of amides is 2. The van der Waals surface area contributed by atoms with Crippen LogP contribution in [0.15, 0.2) is 42.5 Å². The number of nitrogens with two attached hydrogens (primary N) is 1. The number of carbonyl (C=O) groups excluding carboxylic acids is 2. The fourth-order valence-electron chi connectivity index (χ4n) is 3.67. The van der Waals surface area contributed by atoms with Gasteiger partial charge in [-0.1, -0.05) is 29.3 Å². The van der Waals surface area contributed by atoms with Gasteiger partial charge in [0, 0.05) is 11.6 Å². The maximum atomic E-state index is 14.5. The van der Waals surface area contributed by atoms with Crippen molar-refractivity contribution < 1.29 is 27.2 Å². The van der Waals surface area contributed by atoms with Gasteiger partial charge in [0.25, 0.3) is 5.91 Å². The average Bonchev–Trinajstić information content (AvgIpc) is 3.40. The van der Waals surface area contributed by atoms with Crippen molar-refractivity contribution in [2.24, 2.45) is 5.92 Å². The lowest BCUT2D eigenvalue weighted by Gasteiger charge is -2.11. The molecular weight excluding hydrogens is 568 g/mol. The van der Waals surface area contributed by atoms with Gasteiger partial charge in [-0.15, -0.1) is 23.2 Å². The van der Waals surface area contributed by atoms with E-state index in [-0.39, 0.29) is 27.5 Å². The Hall–Kier alpha value is -2.72. The monoisotopic (exact) mass is 579 g/mol. The molecule has 3 aromatic carbocycles. The van der Waals surface area contributed by atoms with Crippen molar-refractivity contribution in [1.82, 2.24) is 0 Å². The molecule has 1 aliphatic rings. The fraction of sp³-hybridized carbons (Fsp3) is 0.130. The summed E-state index contributed by atoms with van der Waals surface area (Å²) in [5.74, 6) is -8.00. The van der Waals surface area contributed by atoms with Crippen molar-refractivity contribution >= 4 is 75.3 Å². The molecule has 1 fully saturated rings. The smallest absolute Gasteiger partial charge is 0.257 e. The van der Waals surface area contributed by atoms with E-state index in [1.807, 2.05) is 0 Å². The second-order valence-electron chi connectivity index (χ2n) is 7.86. The molecule has 4 N–H and O–H groups in total. The van der Waals surface area contributed by atoms with E-state index in [9.17, 15) is 27.2 Å². The molecule has 188 valence electrons. The molecule has 0 saturated heterocycles. The van der Waals surface area contributed by atoms with Crippen LogP contribution in [0.2, 0.25) is 10.0 Å². The second kappa shape index (κ2) is 9.63. The summed E-state index contributed by atoms with van der Waals surface area (Å²) in [5.41, 5.74) is 3.92. The first-order valence-corrected chi connectivity index (χ1v) is 11.5. The Kier molecular flexibility index (Phi) is 7.04. The quantitative estimate of drug-likeness (QED) is 0.133. The average molecular weight is 581 g/mol. The van der Waals surface area contributed by atoms with Gasteiger partial charge in [0.1, 0.15) is 32.5 Å². The number of alkyl halides is 2. The van der Waals surface area contributed by atoms with Gasteiger partial charge < -0.3 is 16.4 Å². The highest BCUT2D eigenvalue weighted by atomic mass is 35.5. The summed E-state index contributed by atoms with van der Waals surface area (Å²) in [6.45, 7) is 0. The van der Waals surface area contributed by atoms with Crippen molar-refractivity contribution in [1.29, 1.82) is 0 Å². The number of halogens is 8. The van der Waals surface area contributed by atoms with E-state index < -0.39 is 62.0 Å². The fourth-order valence-corrected chi connectivity index (χ4v) is 4.86. The molecular formula is C23H13Cl4F4N3O2. The minimum atomic E-state index is -1.71. The first kappa shape index (κ1) is 26.3. The third-order valence-corrected chi connectivity index (χ3v) is 7.21. The molecule has 0 radical (unpaired) electrons. The molecule has 0 aromatic heterocycles. The summed E-state index contributed by atoms with van der Waals surface area (Å²) in [7, 11) is 0. The number of anilines is 3. The van der Waals surface area contributed by atoms with Crippen molar-refractivity contribution in [2.45, 2.75) is 10.3 Å². The van der Waals surface area contributed by atoms with Crippen LogP contribution in [0.5, 0.6) is 0 Å². The summed E-state index contributed by atoms with van der Waals surface area (Å²) < 4.78 is 53.8. The number of carbonyl (C=O) groups is 2. The van der Waals surface area contributed by atoms with Crippen LogP contribution < -0.4 is 16.4 Å². The minimum absolute atomic E-state index is 0.0441. The predicted molar refractivity (Wildman–Crippen MR) is 131 cm³/mol. The number of rotatable bonds is 5. The topological polar surface area (TPSA) is 84.2 Å². The lowest BCUT2D eigenvalue weighted by Crippen LogP contribution is -2.18. The Morgan fingerprint density at radius 1 is 0.889 bits per heavy atom. The Morgan fingerprint density at radius 2 is 1.56 bits per heavy atom. The van der Waals surface area contributed by atoms with Crippen LogP contribution in [-0.2, 0) is 4.79 Å². The van der Waals surface area contributed by atoms with Crippen molar-refractivity contribution in [3.8, 4) is 0 Å². The zero-order chi connectivity index (χ0) is 26.5. The molecule has 2 unspecified atom stereocenters. The highest BCUT2D eigenvalue weighted by Crippen LogP contribution is 2.65. The van der Waals surface area contributed by atoms with Crippen LogP contribution in [0.25, 0.3) is 0 Å². The molecule has 3 aromatic rings. The summed E-state index contributed by atoms with van der Waals surface area (Å²) in [6.07, 6.45) is 0. The summed E-state index contributed by atoms with van der Waals surface area (Å²) in [6, 6.07) is 7.73. The van der Waals surface area contributed by atoms with Gasteiger partial charge in [0.05, 0.1) is 22.2 Å². The highest BCUT2D eigenvalue weighted by Gasteiger charge is 2.68. The number of benzene rings is 3. The Bertz CT molecular complexity index is 1420. The third-order valence-electron chi connectivity index (χ3n) is 5.59. The SMILES string of the molecule is Nc1c(F)ccc(NC(=O)c2cc(NC(=O)C3C(c4ccc(F)c(Cl)c4F)C3(Cl)Cl)ccc2Cl)c1F. The van der Waals surface area contributed by atoms with Crippen LogP contribution in [-0.4, -0.2) is 16.1 Å². The van der Waals surface area contributed by atoms with Crippen molar-refractivity contribution in [3.05, 3.63) is 86.9 Å². The predicted octanol–water partition coefficient (Wildman–Crippen LogP) is 6.91. The van der Waals surface area contributed by atoms with Crippen LogP contribution in [0.1, 0.15) is 21.8 Å². The number of hydrogen-bond donors (Lipinski definition) is 3. The van der Waals surface area contributed by atoms with E-state index in [0.29, 0.717) is 0 Å². The van der Waals surface area contributed by atoms with E-state index in [2.05, 4.69) is 10.6 Å². The zero-order valence-electron chi connectivity index (χ0n) is 17.6. The van der Waals surface area contributed by atoms with Gasteiger partial charge in [0.15, 0.2) is 5.82 Å². The first-order chi connectivity index (χ1) is 16.8. The van der Waals surface area contributed by atoms with Gasteiger partial charge in [-0.05, 0) is 42.0 Å². The standard InChI is InChI=1S/C23H13Cl4F4N3O2/c24-11-3-1-8(7-10(11)21(35)34-14-6-5-13(29)20(32)19(14)31)33-22(36)16-15(23(16,26)27)9-2-4-12(28)17(25)18(9)30/h1-7,15-16H,32H2,(H,33,36)(H,34,35).